The van der Waals surface area contributed by atoms with Gasteiger partial charge >= 0.3 is 0 Å². The maximum absolute atomic E-state index is 15.1. The van der Waals surface area contributed by atoms with Crippen LogP contribution in [0.4, 0.5) is 8.78 Å². The Bertz CT molecular complexity index is 1160. The molecule has 2 aromatic rings. The van der Waals surface area contributed by atoms with Crippen molar-refractivity contribution in [1.29, 1.82) is 5.41 Å². The number of hydrogen-bond acceptors (Lipinski definition) is 5. The van der Waals surface area contributed by atoms with E-state index in [0.29, 0.717) is 22.9 Å². The smallest absolute Gasteiger partial charge is 0.257 e. The number of rotatable bonds is 6. The van der Waals surface area contributed by atoms with Crippen molar-refractivity contribution in [3.8, 4) is 0 Å². The van der Waals surface area contributed by atoms with Gasteiger partial charge in [-0.05, 0) is 38.5 Å². The molecule has 0 aromatic heterocycles. The number of carbonyl (C=O) groups is 1. The number of halogens is 2. The maximum Gasteiger partial charge on any atom is 0.257 e. The molecule has 184 valence electrons. The van der Waals surface area contributed by atoms with Crippen molar-refractivity contribution in [2.45, 2.75) is 38.0 Å². The molecule has 0 bridgehead atoms. The van der Waals surface area contributed by atoms with Crippen molar-refractivity contribution in [3.05, 3.63) is 83.1 Å². The van der Waals surface area contributed by atoms with Crippen LogP contribution >= 0.6 is 11.8 Å². The number of fused-ring (bicyclic) bond motifs is 1. The zero-order valence-electron chi connectivity index (χ0n) is 19.6. The summed E-state index contributed by atoms with van der Waals surface area (Å²) in [6.07, 6.45) is 3.25. The van der Waals surface area contributed by atoms with E-state index in [1.807, 2.05) is 6.07 Å². The Labute approximate surface area is 207 Å². The molecular formula is C26H29F2N4O2S+. The molecule has 4 rings (SSSR count). The third-order valence-electron chi connectivity index (χ3n) is 6.23. The molecule has 1 amide bonds. The number of nitrogens with zero attached hydrogens (tertiary/aromatic N) is 1. The van der Waals surface area contributed by atoms with Crippen molar-refractivity contribution in [3.63, 3.8) is 0 Å². The Kier molecular flexibility index (Phi) is 7.78. The largest absolute Gasteiger partial charge is 0.365 e. The Morgan fingerprint density at radius 1 is 1.29 bits per heavy atom. The highest BCUT2D eigenvalue weighted by molar-refractivity contribution is 8.13. The molecular weight excluding hydrogens is 470 g/mol. The molecule has 3 atom stereocenters. The SMILES string of the molecule is CC(C)[NH2+]/C(=C\C=N)[C@H]1C[C@H]2CSC(NC(=O)c3ccccc3)=N[C@@]2(c2ccc(F)cc2F)CO1. The second kappa shape index (κ2) is 10.8. The van der Waals surface area contributed by atoms with E-state index in [9.17, 15) is 9.18 Å². The summed E-state index contributed by atoms with van der Waals surface area (Å²) in [5.41, 5.74) is 0.539. The van der Waals surface area contributed by atoms with E-state index in [2.05, 4.69) is 24.5 Å². The molecule has 2 aromatic carbocycles. The van der Waals surface area contributed by atoms with E-state index in [1.165, 1.54) is 30.1 Å². The first-order chi connectivity index (χ1) is 16.8. The first kappa shape index (κ1) is 25.2. The van der Waals surface area contributed by atoms with E-state index in [4.69, 9.17) is 15.1 Å². The number of carbonyl (C=O) groups excluding carboxylic acids is 1. The Morgan fingerprint density at radius 3 is 2.74 bits per heavy atom. The average Bonchev–Trinajstić information content (AvgIpc) is 2.83. The molecule has 2 heterocycles. The van der Waals surface area contributed by atoms with E-state index in [0.717, 1.165) is 11.8 Å². The molecule has 4 N–H and O–H groups in total. The molecule has 0 saturated carbocycles. The quantitative estimate of drug-likeness (QED) is 0.531. The normalized spacial score (nSPS) is 24.5. The van der Waals surface area contributed by atoms with Crippen molar-refractivity contribution in [1.82, 2.24) is 5.32 Å². The van der Waals surface area contributed by atoms with Gasteiger partial charge in [-0.2, -0.15) is 0 Å². The van der Waals surface area contributed by atoms with Gasteiger partial charge in [-0.3, -0.25) is 4.79 Å². The van der Waals surface area contributed by atoms with Gasteiger partial charge in [0.1, 0.15) is 29.0 Å². The summed E-state index contributed by atoms with van der Waals surface area (Å²) >= 11 is 1.41. The van der Waals surface area contributed by atoms with E-state index in [-0.39, 0.29) is 36.1 Å². The Morgan fingerprint density at radius 2 is 2.06 bits per heavy atom. The minimum Gasteiger partial charge on any atom is -0.365 e. The number of quaternary nitrogens is 1. The van der Waals surface area contributed by atoms with E-state index < -0.39 is 17.2 Å². The highest BCUT2D eigenvalue weighted by Gasteiger charge is 2.51. The summed E-state index contributed by atoms with van der Waals surface area (Å²) in [5.74, 6) is -1.21. The number of amidine groups is 1. The summed E-state index contributed by atoms with van der Waals surface area (Å²) in [5, 5.41) is 12.8. The third-order valence-corrected chi connectivity index (χ3v) is 7.26. The van der Waals surface area contributed by atoms with Crippen LogP contribution < -0.4 is 10.6 Å². The van der Waals surface area contributed by atoms with E-state index in [1.54, 1.807) is 30.3 Å². The van der Waals surface area contributed by atoms with Crippen molar-refractivity contribution < 1.29 is 23.6 Å². The average molecular weight is 500 g/mol. The summed E-state index contributed by atoms with van der Waals surface area (Å²) in [7, 11) is 0. The highest BCUT2D eigenvalue weighted by atomic mass is 32.2. The van der Waals surface area contributed by atoms with Crippen molar-refractivity contribution >= 4 is 29.1 Å². The van der Waals surface area contributed by atoms with Gasteiger partial charge in [0.25, 0.3) is 5.91 Å². The first-order valence-corrected chi connectivity index (χ1v) is 12.5. The van der Waals surface area contributed by atoms with Crippen LogP contribution in [0.1, 0.15) is 36.2 Å². The Balaban J connectivity index is 1.69. The number of amides is 1. The van der Waals surface area contributed by atoms with Crippen LogP contribution in [0, 0.1) is 23.0 Å². The second-order valence-electron chi connectivity index (χ2n) is 9.07. The topological polar surface area (TPSA) is 91.2 Å². The zero-order chi connectivity index (χ0) is 25.0. The molecule has 9 heteroatoms. The number of nitrogens with two attached hydrogens (primary N) is 1. The fourth-order valence-corrected chi connectivity index (χ4v) is 5.76. The summed E-state index contributed by atoms with van der Waals surface area (Å²) in [4.78, 5) is 17.6. The monoisotopic (exact) mass is 499 g/mol. The van der Waals surface area contributed by atoms with Gasteiger partial charge < -0.3 is 20.8 Å². The van der Waals surface area contributed by atoms with Gasteiger partial charge in [-0.25, -0.2) is 13.8 Å². The fraction of sp³-hybridized carbons (Fsp3) is 0.346. The molecule has 0 unspecified atom stereocenters. The van der Waals surface area contributed by atoms with Crippen LogP contribution in [0.25, 0.3) is 0 Å². The van der Waals surface area contributed by atoms with Crippen molar-refractivity contribution in [2.24, 2.45) is 10.9 Å². The van der Waals surface area contributed by atoms with Gasteiger partial charge in [-0.15, -0.1) is 0 Å². The molecule has 2 aliphatic rings. The lowest BCUT2D eigenvalue weighted by molar-refractivity contribution is -0.643. The first-order valence-electron chi connectivity index (χ1n) is 11.5. The third kappa shape index (κ3) is 5.52. The minimum atomic E-state index is -1.10. The second-order valence-corrected chi connectivity index (χ2v) is 10.1. The standard InChI is InChI=1S/C26H28F2N4O2S/c1-16(2)30-22(10-11-29)23-12-18-14-35-25(31-24(33)17-6-4-3-5-7-17)32-26(18,15-34-23)20-9-8-19(27)13-21(20)28/h3-11,13,16,18,23,29-30H,12,14-15H2,1-2H3,(H,31,32,33)/p+1/b22-10-,29-11?/t18-,23+,26-/m0/s1. The predicted molar refractivity (Wildman–Crippen MR) is 134 cm³/mol. The van der Waals surface area contributed by atoms with Gasteiger partial charge in [0.2, 0.25) is 0 Å². The summed E-state index contributed by atoms with van der Waals surface area (Å²) in [6, 6.07) is 12.6. The van der Waals surface area contributed by atoms with Crippen LogP contribution in [0.3, 0.4) is 0 Å². The van der Waals surface area contributed by atoms with Crippen LogP contribution in [0.5, 0.6) is 0 Å². The minimum absolute atomic E-state index is 0.0669. The van der Waals surface area contributed by atoms with Crippen LogP contribution in [0.15, 0.2) is 65.3 Å². The van der Waals surface area contributed by atoms with Crippen LogP contribution in [-0.4, -0.2) is 41.8 Å². The Hall–Kier alpha value is -2.88. The molecule has 0 radical (unpaired) electrons. The highest BCUT2D eigenvalue weighted by Crippen LogP contribution is 2.47. The molecule has 0 spiro atoms. The number of ether oxygens (including phenoxy) is 1. The van der Waals surface area contributed by atoms with Gasteiger partial charge in [0, 0.05) is 41.2 Å². The van der Waals surface area contributed by atoms with Crippen LogP contribution in [-0.2, 0) is 10.3 Å². The number of thioether (sulfide) groups is 1. The molecule has 1 fully saturated rings. The lowest BCUT2D eigenvalue weighted by Crippen LogP contribution is -2.88. The maximum atomic E-state index is 15.1. The molecule has 35 heavy (non-hydrogen) atoms. The molecule has 1 saturated heterocycles. The lowest BCUT2D eigenvalue weighted by atomic mass is 9.74. The zero-order valence-corrected chi connectivity index (χ0v) is 20.4. The fourth-order valence-electron chi connectivity index (χ4n) is 4.59. The summed E-state index contributed by atoms with van der Waals surface area (Å²) < 4.78 is 35.1. The van der Waals surface area contributed by atoms with Gasteiger partial charge in [0.15, 0.2) is 5.17 Å². The van der Waals surface area contributed by atoms with Gasteiger partial charge in [-0.1, -0.05) is 36.0 Å². The van der Waals surface area contributed by atoms with Crippen LogP contribution in [0.2, 0.25) is 0 Å². The lowest BCUT2D eigenvalue weighted by Gasteiger charge is -2.46. The number of allylic oxidation sites excluding steroid dienone is 1. The molecule has 0 aliphatic carbocycles. The number of aliphatic imine (C=N–C) groups is 1. The molecule has 6 nitrogen and oxygen atoms in total. The molecule has 2 aliphatic heterocycles. The predicted octanol–water partition coefficient (Wildman–Crippen LogP) is 3.60. The summed E-state index contributed by atoms with van der Waals surface area (Å²) in [6.45, 7) is 4.18. The van der Waals surface area contributed by atoms with Gasteiger partial charge in [0.05, 0.1) is 12.6 Å². The van der Waals surface area contributed by atoms with Crippen molar-refractivity contribution in [2.75, 3.05) is 12.4 Å². The number of hydrogen-bond donors (Lipinski definition) is 3. The van der Waals surface area contributed by atoms with E-state index >= 15 is 4.39 Å². The number of benzene rings is 2. The number of nitrogens with one attached hydrogen (secondary N) is 2.